The lowest BCUT2D eigenvalue weighted by Crippen LogP contribution is -2.45. The number of nitrogens with one attached hydrogen (secondary N) is 1. The molecule has 0 unspecified atom stereocenters. The molecule has 1 fully saturated rings. The molecule has 0 atom stereocenters. The van der Waals surface area contributed by atoms with E-state index >= 15 is 0 Å². The smallest absolute Gasteiger partial charge is 0.268 e. The standard InChI is InChI=1S/C14H22BrN3O/c1-3-6-18-7-4-12(5-8-18)16-14(19)13-9-11(15)10-17(13)2/h9-10,12H,3-8H2,1-2H3,(H,16,19). The number of halogens is 1. The van der Waals surface area contributed by atoms with Gasteiger partial charge in [0.2, 0.25) is 0 Å². The van der Waals surface area contributed by atoms with Crippen LogP contribution in [0.3, 0.4) is 0 Å². The molecule has 1 aromatic heterocycles. The summed E-state index contributed by atoms with van der Waals surface area (Å²) in [6.45, 7) is 5.57. The second-order valence-electron chi connectivity index (χ2n) is 5.24. The minimum absolute atomic E-state index is 0.0298. The summed E-state index contributed by atoms with van der Waals surface area (Å²) in [6, 6.07) is 2.18. The molecular formula is C14H22BrN3O. The Bertz CT molecular complexity index is 436. The van der Waals surface area contributed by atoms with Crippen molar-refractivity contribution in [1.82, 2.24) is 14.8 Å². The first-order valence-corrected chi connectivity index (χ1v) is 7.74. The summed E-state index contributed by atoms with van der Waals surface area (Å²) >= 11 is 3.39. The summed E-state index contributed by atoms with van der Waals surface area (Å²) in [7, 11) is 1.89. The summed E-state index contributed by atoms with van der Waals surface area (Å²) in [4.78, 5) is 14.7. The third-order valence-electron chi connectivity index (χ3n) is 3.67. The normalized spacial score (nSPS) is 17.6. The van der Waals surface area contributed by atoms with Gasteiger partial charge in [-0.3, -0.25) is 4.79 Å². The number of aryl methyl sites for hydroxylation is 1. The van der Waals surface area contributed by atoms with Gasteiger partial charge in [0.15, 0.2) is 0 Å². The maximum absolute atomic E-state index is 12.2. The number of carbonyl (C=O) groups is 1. The maximum atomic E-state index is 12.2. The summed E-state index contributed by atoms with van der Waals surface area (Å²) in [5.74, 6) is 0.0298. The Morgan fingerprint density at radius 3 is 2.68 bits per heavy atom. The van der Waals surface area contributed by atoms with Gasteiger partial charge < -0.3 is 14.8 Å². The van der Waals surface area contributed by atoms with Crippen molar-refractivity contribution in [2.75, 3.05) is 19.6 Å². The SMILES string of the molecule is CCCN1CCC(NC(=O)c2cc(Br)cn2C)CC1. The van der Waals surface area contributed by atoms with Gasteiger partial charge in [0.05, 0.1) is 0 Å². The number of amides is 1. The third kappa shape index (κ3) is 3.83. The predicted octanol–water partition coefficient (Wildman–Crippen LogP) is 2.39. The molecule has 0 bridgehead atoms. The molecule has 5 heteroatoms. The van der Waals surface area contributed by atoms with E-state index in [2.05, 4.69) is 33.1 Å². The maximum Gasteiger partial charge on any atom is 0.268 e. The first kappa shape index (κ1) is 14.6. The van der Waals surface area contributed by atoms with E-state index in [1.165, 1.54) is 13.0 Å². The molecule has 0 radical (unpaired) electrons. The Labute approximate surface area is 123 Å². The van der Waals surface area contributed by atoms with Gasteiger partial charge in [-0.1, -0.05) is 6.92 Å². The first-order valence-electron chi connectivity index (χ1n) is 6.95. The molecule has 1 aliphatic rings. The molecule has 2 heterocycles. The van der Waals surface area contributed by atoms with Crippen molar-refractivity contribution in [3.63, 3.8) is 0 Å². The van der Waals surface area contributed by atoms with Crippen LogP contribution in [-0.4, -0.2) is 41.1 Å². The van der Waals surface area contributed by atoms with Crippen LogP contribution >= 0.6 is 15.9 Å². The number of nitrogens with zero attached hydrogens (tertiary/aromatic N) is 2. The largest absolute Gasteiger partial charge is 0.348 e. The van der Waals surface area contributed by atoms with Crippen molar-refractivity contribution < 1.29 is 4.79 Å². The lowest BCUT2D eigenvalue weighted by atomic mass is 10.0. The highest BCUT2D eigenvalue weighted by atomic mass is 79.9. The molecule has 4 nitrogen and oxygen atoms in total. The van der Waals surface area contributed by atoms with E-state index < -0.39 is 0 Å². The van der Waals surface area contributed by atoms with Crippen molar-refractivity contribution >= 4 is 21.8 Å². The molecule has 2 rings (SSSR count). The molecule has 1 saturated heterocycles. The Balaban J connectivity index is 1.85. The number of carbonyl (C=O) groups excluding carboxylic acids is 1. The van der Waals surface area contributed by atoms with Crippen molar-refractivity contribution in [3.05, 3.63) is 22.4 Å². The van der Waals surface area contributed by atoms with Gasteiger partial charge in [-0.05, 0) is 47.8 Å². The van der Waals surface area contributed by atoms with Crippen LogP contribution in [0.5, 0.6) is 0 Å². The summed E-state index contributed by atoms with van der Waals surface area (Å²) in [5.41, 5.74) is 0.711. The second-order valence-corrected chi connectivity index (χ2v) is 6.16. The number of likely N-dealkylation sites (tertiary alicyclic amines) is 1. The van der Waals surface area contributed by atoms with Gasteiger partial charge in [0, 0.05) is 36.8 Å². The molecule has 1 N–H and O–H groups in total. The third-order valence-corrected chi connectivity index (χ3v) is 4.10. The molecule has 19 heavy (non-hydrogen) atoms. The van der Waals surface area contributed by atoms with Gasteiger partial charge in [-0.15, -0.1) is 0 Å². The molecule has 1 aliphatic heterocycles. The number of rotatable bonds is 4. The Hall–Kier alpha value is -0.810. The Morgan fingerprint density at radius 1 is 1.47 bits per heavy atom. The Morgan fingerprint density at radius 2 is 2.16 bits per heavy atom. The van der Waals surface area contributed by atoms with Crippen LogP contribution in [-0.2, 0) is 7.05 Å². The second kappa shape index (κ2) is 6.57. The van der Waals surface area contributed by atoms with Gasteiger partial charge in [-0.2, -0.15) is 0 Å². The van der Waals surface area contributed by atoms with Gasteiger partial charge in [0.1, 0.15) is 5.69 Å². The zero-order valence-corrected chi connectivity index (χ0v) is 13.2. The number of piperidine rings is 1. The topological polar surface area (TPSA) is 37.3 Å². The van der Waals surface area contributed by atoms with Crippen LogP contribution in [0.1, 0.15) is 36.7 Å². The molecule has 1 aromatic rings. The highest BCUT2D eigenvalue weighted by molar-refractivity contribution is 9.10. The van der Waals surface area contributed by atoms with Crippen molar-refractivity contribution in [3.8, 4) is 0 Å². The van der Waals surface area contributed by atoms with E-state index in [1.54, 1.807) is 0 Å². The lowest BCUT2D eigenvalue weighted by Gasteiger charge is -2.32. The molecule has 106 valence electrons. The fourth-order valence-corrected chi connectivity index (χ4v) is 3.15. The zero-order valence-electron chi connectivity index (χ0n) is 11.7. The summed E-state index contributed by atoms with van der Waals surface area (Å²) < 4.78 is 2.80. The van der Waals surface area contributed by atoms with Crippen LogP contribution in [0.15, 0.2) is 16.7 Å². The van der Waals surface area contributed by atoms with Gasteiger partial charge >= 0.3 is 0 Å². The first-order chi connectivity index (χ1) is 9.10. The van der Waals surface area contributed by atoms with Crippen molar-refractivity contribution in [1.29, 1.82) is 0 Å². The zero-order chi connectivity index (χ0) is 13.8. The molecule has 1 amide bonds. The highest BCUT2D eigenvalue weighted by Crippen LogP contribution is 2.15. The minimum Gasteiger partial charge on any atom is -0.348 e. The minimum atomic E-state index is 0.0298. The number of aromatic nitrogens is 1. The molecule has 0 aromatic carbocycles. The van der Waals surface area contributed by atoms with E-state index in [9.17, 15) is 4.79 Å². The molecular weight excluding hydrogens is 306 g/mol. The van der Waals surface area contributed by atoms with E-state index in [1.807, 2.05) is 23.9 Å². The Kier molecular flexibility index (Phi) is 5.05. The average Bonchev–Trinajstić information content (AvgIpc) is 2.71. The molecule has 0 saturated carbocycles. The van der Waals surface area contributed by atoms with E-state index in [4.69, 9.17) is 0 Å². The number of hydrogen-bond acceptors (Lipinski definition) is 2. The summed E-state index contributed by atoms with van der Waals surface area (Å²) in [6.07, 6.45) is 5.21. The molecule has 0 spiro atoms. The van der Waals surface area contributed by atoms with Gasteiger partial charge in [-0.25, -0.2) is 0 Å². The van der Waals surface area contributed by atoms with E-state index in [0.29, 0.717) is 11.7 Å². The van der Waals surface area contributed by atoms with Crippen LogP contribution < -0.4 is 5.32 Å². The molecule has 0 aliphatic carbocycles. The monoisotopic (exact) mass is 327 g/mol. The van der Waals surface area contributed by atoms with E-state index in [0.717, 1.165) is 30.4 Å². The average molecular weight is 328 g/mol. The fraction of sp³-hybridized carbons (Fsp3) is 0.643. The summed E-state index contributed by atoms with van der Waals surface area (Å²) in [5, 5.41) is 3.14. The van der Waals surface area contributed by atoms with Crippen LogP contribution in [0.2, 0.25) is 0 Å². The van der Waals surface area contributed by atoms with E-state index in [-0.39, 0.29) is 5.91 Å². The number of hydrogen-bond donors (Lipinski definition) is 1. The van der Waals surface area contributed by atoms with Crippen LogP contribution in [0, 0.1) is 0 Å². The van der Waals surface area contributed by atoms with Crippen LogP contribution in [0.4, 0.5) is 0 Å². The highest BCUT2D eigenvalue weighted by Gasteiger charge is 2.21. The van der Waals surface area contributed by atoms with Gasteiger partial charge in [0.25, 0.3) is 5.91 Å². The van der Waals surface area contributed by atoms with Crippen molar-refractivity contribution in [2.24, 2.45) is 7.05 Å². The quantitative estimate of drug-likeness (QED) is 0.921. The van der Waals surface area contributed by atoms with Crippen LogP contribution in [0.25, 0.3) is 0 Å². The lowest BCUT2D eigenvalue weighted by molar-refractivity contribution is 0.0903. The van der Waals surface area contributed by atoms with Crippen molar-refractivity contribution in [2.45, 2.75) is 32.2 Å². The predicted molar refractivity (Wildman–Crippen MR) is 80.3 cm³/mol. The fourth-order valence-electron chi connectivity index (χ4n) is 2.63.